The molecule has 2 heterocycles. The molecule has 21 heavy (non-hydrogen) atoms. The lowest BCUT2D eigenvalue weighted by atomic mass is 10.2. The van der Waals surface area contributed by atoms with E-state index in [-0.39, 0.29) is 10.6 Å². The molecule has 0 spiro atoms. The van der Waals surface area contributed by atoms with Crippen LogP contribution in [-0.2, 0) is 5.75 Å². The van der Waals surface area contributed by atoms with E-state index in [4.69, 9.17) is 0 Å². The molecule has 3 aromatic rings. The van der Waals surface area contributed by atoms with Crippen LogP contribution in [0, 0.1) is 5.82 Å². The molecule has 7 heteroatoms. The van der Waals surface area contributed by atoms with Gasteiger partial charge in [-0.1, -0.05) is 44.2 Å². The van der Waals surface area contributed by atoms with E-state index in [1.807, 2.05) is 6.07 Å². The van der Waals surface area contributed by atoms with Crippen LogP contribution < -0.4 is 0 Å². The molecule has 3 rings (SSSR count). The van der Waals surface area contributed by atoms with Crippen molar-refractivity contribution in [1.82, 2.24) is 19.8 Å². The summed E-state index contributed by atoms with van der Waals surface area (Å²) in [5.74, 6) is 1.31. The number of hydrogen-bond donors (Lipinski definition) is 0. The van der Waals surface area contributed by atoms with Gasteiger partial charge in [-0.15, -0.1) is 22.0 Å². The monoisotopic (exact) mass is 322 g/mol. The van der Waals surface area contributed by atoms with E-state index < -0.39 is 0 Å². The highest BCUT2D eigenvalue weighted by atomic mass is 32.2. The SMILES string of the molecule is CC(C)(C)SCc1nnc2sc(-c3cccc(F)c3)nn12. The number of benzene rings is 1. The Morgan fingerprint density at radius 2 is 2.10 bits per heavy atom. The van der Waals surface area contributed by atoms with E-state index in [0.717, 1.165) is 27.1 Å². The van der Waals surface area contributed by atoms with E-state index in [1.165, 1.54) is 23.5 Å². The summed E-state index contributed by atoms with van der Waals surface area (Å²) in [7, 11) is 0. The van der Waals surface area contributed by atoms with E-state index in [9.17, 15) is 4.39 Å². The third-order valence-electron chi connectivity index (χ3n) is 2.76. The van der Waals surface area contributed by atoms with Crippen molar-refractivity contribution in [2.45, 2.75) is 31.3 Å². The highest BCUT2D eigenvalue weighted by Crippen LogP contribution is 2.29. The fourth-order valence-corrected chi connectivity index (χ4v) is 3.36. The molecule has 0 aliphatic heterocycles. The number of nitrogens with zero attached hydrogens (tertiary/aromatic N) is 4. The minimum absolute atomic E-state index is 0.160. The van der Waals surface area contributed by atoms with Gasteiger partial charge in [0, 0.05) is 10.3 Å². The highest BCUT2D eigenvalue weighted by Gasteiger charge is 2.16. The fourth-order valence-electron chi connectivity index (χ4n) is 1.77. The van der Waals surface area contributed by atoms with Crippen molar-refractivity contribution in [3.8, 4) is 10.6 Å². The molecule has 0 bridgehead atoms. The Bertz CT molecular complexity index is 773. The van der Waals surface area contributed by atoms with Gasteiger partial charge in [0.1, 0.15) is 10.8 Å². The van der Waals surface area contributed by atoms with Gasteiger partial charge in [-0.25, -0.2) is 4.39 Å². The lowest BCUT2D eigenvalue weighted by Gasteiger charge is -2.16. The first-order valence-electron chi connectivity index (χ1n) is 6.53. The summed E-state index contributed by atoms with van der Waals surface area (Å²) in [5.41, 5.74) is 0.764. The highest BCUT2D eigenvalue weighted by molar-refractivity contribution is 7.99. The number of thioether (sulfide) groups is 1. The second kappa shape index (κ2) is 5.38. The fraction of sp³-hybridized carbons (Fsp3) is 0.357. The second-order valence-corrected chi connectivity index (χ2v) is 8.39. The van der Waals surface area contributed by atoms with Gasteiger partial charge >= 0.3 is 0 Å². The quantitative estimate of drug-likeness (QED) is 0.730. The molecule has 2 aromatic heterocycles. The Morgan fingerprint density at radius 3 is 2.81 bits per heavy atom. The first-order chi connectivity index (χ1) is 9.92. The van der Waals surface area contributed by atoms with Gasteiger partial charge in [-0.2, -0.15) is 9.61 Å². The molecule has 0 atom stereocenters. The molecule has 0 N–H and O–H groups in total. The Morgan fingerprint density at radius 1 is 1.29 bits per heavy atom. The topological polar surface area (TPSA) is 43.1 Å². The van der Waals surface area contributed by atoms with E-state index in [0.29, 0.717) is 0 Å². The number of fused-ring (bicyclic) bond motifs is 1. The van der Waals surface area contributed by atoms with Crippen LogP contribution in [-0.4, -0.2) is 24.6 Å². The number of hydrogen-bond acceptors (Lipinski definition) is 5. The summed E-state index contributed by atoms with van der Waals surface area (Å²) in [6, 6.07) is 6.44. The van der Waals surface area contributed by atoms with Crippen LogP contribution >= 0.6 is 23.1 Å². The zero-order chi connectivity index (χ0) is 15.0. The number of rotatable bonds is 3. The van der Waals surface area contributed by atoms with Crippen LogP contribution in [0.15, 0.2) is 24.3 Å². The first kappa shape index (κ1) is 14.5. The van der Waals surface area contributed by atoms with Gasteiger partial charge in [0.15, 0.2) is 5.82 Å². The van der Waals surface area contributed by atoms with Gasteiger partial charge in [-0.3, -0.25) is 0 Å². The predicted octanol–water partition coefficient (Wildman–Crippen LogP) is 4.02. The summed E-state index contributed by atoms with van der Waals surface area (Å²) >= 11 is 3.21. The van der Waals surface area contributed by atoms with Crippen LogP contribution in [0.2, 0.25) is 0 Å². The molecule has 4 nitrogen and oxygen atoms in total. The van der Waals surface area contributed by atoms with Gasteiger partial charge in [0.2, 0.25) is 4.96 Å². The average Bonchev–Trinajstić information content (AvgIpc) is 2.95. The molecule has 0 saturated heterocycles. The van der Waals surface area contributed by atoms with Gasteiger partial charge in [-0.05, 0) is 12.1 Å². The van der Waals surface area contributed by atoms with Gasteiger partial charge < -0.3 is 0 Å². The first-order valence-corrected chi connectivity index (χ1v) is 8.34. The molecule has 0 fully saturated rings. The third-order valence-corrected chi connectivity index (χ3v) is 4.98. The standard InChI is InChI=1S/C14H15FN4S2/c1-14(2,3)20-8-11-16-17-13-19(11)18-12(21-13)9-5-4-6-10(15)7-9/h4-7H,8H2,1-3H3. The van der Waals surface area contributed by atoms with Crippen molar-refractivity contribution in [2.75, 3.05) is 0 Å². The van der Waals surface area contributed by atoms with Crippen molar-refractivity contribution in [2.24, 2.45) is 0 Å². The minimum atomic E-state index is -0.262. The summed E-state index contributed by atoms with van der Waals surface area (Å²) in [6.07, 6.45) is 0. The van der Waals surface area contributed by atoms with E-state index in [2.05, 4.69) is 36.1 Å². The normalized spacial score (nSPS) is 12.2. The summed E-state index contributed by atoms with van der Waals surface area (Å²) in [6.45, 7) is 6.49. The molecule has 0 aliphatic rings. The summed E-state index contributed by atoms with van der Waals surface area (Å²) < 4.78 is 15.2. The van der Waals surface area contributed by atoms with Crippen LogP contribution in [0.3, 0.4) is 0 Å². The average molecular weight is 322 g/mol. The summed E-state index contributed by atoms with van der Waals surface area (Å²) in [5, 5.41) is 13.6. The molecule has 0 radical (unpaired) electrons. The Balaban J connectivity index is 1.92. The van der Waals surface area contributed by atoms with Crippen LogP contribution in [0.4, 0.5) is 4.39 Å². The maximum absolute atomic E-state index is 13.3. The molecule has 0 aliphatic carbocycles. The van der Waals surface area contributed by atoms with E-state index in [1.54, 1.807) is 22.3 Å². The predicted molar refractivity (Wildman–Crippen MR) is 85.1 cm³/mol. The Labute approximate surface area is 130 Å². The van der Waals surface area contributed by atoms with Gasteiger partial charge in [0.05, 0.1) is 5.75 Å². The maximum Gasteiger partial charge on any atom is 0.235 e. The van der Waals surface area contributed by atoms with Crippen molar-refractivity contribution in [3.63, 3.8) is 0 Å². The molecule has 110 valence electrons. The maximum atomic E-state index is 13.3. The van der Waals surface area contributed by atoms with E-state index >= 15 is 0 Å². The molecule has 0 amide bonds. The van der Waals surface area contributed by atoms with Crippen molar-refractivity contribution in [3.05, 3.63) is 35.9 Å². The third kappa shape index (κ3) is 3.24. The largest absolute Gasteiger partial charge is 0.235 e. The molecule has 0 saturated carbocycles. The summed E-state index contributed by atoms with van der Waals surface area (Å²) in [4.78, 5) is 0.735. The zero-order valence-electron chi connectivity index (χ0n) is 12.0. The van der Waals surface area contributed by atoms with Crippen LogP contribution in [0.25, 0.3) is 15.5 Å². The zero-order valence-corrected chi connectivity index (χ0v) is 13.6. The van der Waals surface area contributed by atoms with Crippen molar-refractivity contribution >= 4 is 28.1 Å². The molecular formula is C14H15FN4S2. The Hall–Kier alpha value is -1.47. The van der Waals surface area contributed by atoms with Crippen molar-refractivity contribution in [1.29, 1.82) is 0 Å². The minimum Gasteiger partial charge on any atom is -0.207 e. The smallest absolute Gasteiger partial charge is 0.207 e. The Kier molecular flexibility index (Phi) is 3.71. The van der Waals surface area contributed by atoms with Crippen molar-refractivity contribution < 1.29 is 4.39 Å². The van der Waals surface area contributed by atoms with Gasteiger partial charge in [0.25, 0.3) is 0 Å². The molecule has 0 unspecified atom stereocenters. The number of halogens is 1. The second-order valence-electron chi connectivity index (χ2n) is 5.63. The number of aromatic nitrogens is 4. The van der Waals surface area contributed by atoms with Crippen LogP contribution in [0.5, 0.6) is 0 Å². The van der Waals surface area contributed by atoms with Crippen LogP contribution in [0.1, 0.15) is 26.6 Å². The lowest BCUT2D eigenvalue weighted by molar-refractivity contribution is 0.628. The molecular weight excluding hydrogens is 307 g/mol. The molecule has 1 aromatic carbocycles. The lowest BCUT2D eigenvalue weighted by Crippen LogP contribution is -2.08.